The van der Waals surface area contributed by atoms with Crippen molar-refractivity contribution in [2.24, 2.45) is 5.92 Å². The first kappa shape index (κ1) is 25.2. The summed E-state index contributed by atoms with van der Waals surface area (Å²) in [5.74, 6) is -3.57. The van der Waals surface area contributed by atoms with Gasteiger partial charge < -0.3 is 19.9 Å². The van der Waals surface area contributed by atoms with Gasteiger partial charge in [0.15, 0.2) is 11.4 Å². The molecule has 1 aromatic heterocycles. The summed E-state index contributed by atoms with van der Waals surface area (Å²) in [6, 6.07) is 4.03. The molecule has 1 aliphatic heterocycles. The highest BCUT2D eigenvalue weighted by atomic mass is 35.5. The highest BCUT2D eigenvalue weighted by Crippen LogP contribution is 2.54. The Bertz CT molecular complexity index is 1410. The number of hydrogen-bond acceptors (Lipinski definition) is 6. The number of carbonyl (C=O) groups is 2. The van der Waals surface area contributed by atoms with Crippen LogP contribution in [0.2, 0.25) is 5.02 Å². The molecule has 1 fully saturated rings. The van der Waals surface area contributed by atoms with Gasteiger partial charge in [-0.3, -0.25) is 14.4 Å². The summed E-state index contributed by atoms with van der Waals surface area (Å²) in [7, 11) is -3.35. The van der Waals surface area contributed by atoms with Gasteiger partial charge in [0.2, 0.25) is 5.43 Å². The highest BCUT2D eigenvalue weighted by Gasteiger charge is 2.61. The van der Waals surface area contributed by atoms with Crippen molar-refractivity contribution in [3.8, 4) is 5.75 Å². The number of rotatable bonds is 6. The first-order valence-corrected chi connectivity index (χ1v) is 13.4. The predicted octanol–water partition coefficient (Wildman–Crippen LogP) is 1.90. The number of aromatic hydroxyl groups is 1. The van der Waals surface area contributed by atoms with Crippen LogP contribution in [0.25, 0.3) is 0 Å². The van der Waals surface area contributed by atoms with Crippen LogP contribution in [-0.2, 0) is 21.9 Å². The lowest BCUT2D eigenvalue weighted by Gasteiger charge is -2.39. The third kappa shape index (κ3) is 4.42. The van der Waals surface area contributed by atoms with Gasteiger partial charge >= 0.3 is 0 Å². The van der Waals surface area contributed by atoms with Gasteiger partial charge in [-0.1, -0.05) is 23.7 Å². The molecular weight excluding hydrogens is 501 g/mol. The number of amides is 2. The molecule has 4 rings (SSSR count). The number of sulfone groups is 1. The number of nitrogens with one attached hydrogen (secondary N) is 1. The fourth-order valence-corrected chi connectivity index (χ4v) is 6.06. The predicted molar refractivity (Wildman–Crippen MR) is 127 cm³/mol. The molecule has 1 aromatic carbocycles. The second-order valence-corrected chi connectivity index (χ2v) is 12.1. The zero-order chi connectivity index (χ0) is 25.9. The van der Waals surface area contributed by atoms with Crippen LogP contribution < -0.4 is 10.7 Å². The normalized spacial score (nSPS) is 21.4. The van der Waals surface area contributed by atoms with Gasteiger partial charge in [-0.05, 0) is 26.3 Å². The van der Waals surface area contributed by atoms with E-state index in [9.17, 15) is 32.3 Å². The Morgan fingerprint density at radius 1 is 1.34 bits per heavy atom. The first-order chi connectivity index (χ1) is 16.3. The minimum absolute atomic E-state index is 0.0998. The molecule has 188 valence electrons. The van der Waals surface area contributed by atoms with Gasteiger partial charge in [-0.15, -0.1) is 0 Å². The molecular formula is C23H25ClFN3O6S. The maximum Gasteiger partial charge on any atom is 0.274 e. The molecule has 12 heteroatoms. The van der Waals surface area contributed by atoms with E-state index in [-0.39, 0.29) is 47.1 Å². The molecule has 2 aliphatic rings. The Labute approximate surface area is 206 Å². The van der Waals surface area contributed by atoms with Crippen molar-refractivity contribution in [2.45, 2.75) is 38.4 Å². The monoisotopic (exact) mass is 525 g/mol. The average Bonchev–Trinajstić information content (AvgIpc) is 3.43. The van der Waals surface area contributed by atoms with Crippen LogP contribution in [0.1, 0.15) is 46.7 Å². The van der Waals surface area contributed by atoms with Crippen LogP contribution in [0.15, 0.2) is 29.2 Å². The third-order valence-corrected chi connectivity index (χ3v) is 7.91. The van der Waals surface area contributed by atoms with Crippen molar-refractivity contribution in [2.75, 3.05) is 18.6 Å². The molecule has 0 radical (unpaired) electrons. The zero-order valence-electron chi connectivity index (χ0n) is 19.3. The molecule has 0 saturated heterocycles. The van der Waals surface area contributed by atoms with E-state index in [1.807, 2.05) is 0 Å². The lowest BCUT2D eigenvalue weighted by atomic mass is 10.0. The van der Waals surface area contributed by atoms with Gasteiger partial charge in [0.05, 0.1) is 16.3 Å². The van der Waals surface area contributed by atoms with E-state index in [1.54, 1.807) is 13.8 Å². The zero-order valence-corrected chi connectivity index (χ0v) is 20.9. The largest absolute Gasteiger partial charge is 0.503 e. The van der Waals surface area contributed by atoms with E-state index in [0.717, 1.165) is 6.26 Å². The second kappa shape index (κ2) is 8.63. The van der Waals surface area contributed by atoms with Crippen molar-refractivity contribution in [1.82, 2.24) is 14.8 Å². The van der Waals surface area contributed by atoms with Crippen molar-refractivity contribution < 1.29 is 27.5 Å². The molecule has 1 spiro atoms. The topological polar surface area (TPSA) is 126 Å². The highest BCUT2D eigenvalue weighted by molar-refractivity contribution is 7.90. The van der Waals surface area contributed by atoms with Crippen molar-refractivity contribution in [3.63, 3.8) is 0 Å². The average molecular weight is 526 g/mol. The van der Waals surface area contributed by atoms with Crippen LogP contribution in [0.4, 0.5) is 4.39 Å². The van der Waals surface area contributed by atoms with Gasteiger partial charge in [0.25, 0.3) is 11.8 Å². The lowest BCUT2D eigenvalue weighted by Crippen LogP contribution is -2.52. The fraction of sp³-hybridized carbons (Fsp3) is 0.435. The summed E-state index contributed by atoms with van der Waals surface area (Å²) >= 11 is 5.76. The second-order valence-electron chi connectivity index (χ2n) is 9.46. The number of halogens is 2. The van der Waals surface area contributed by atoms with Crippen molar-refractivity contribution in [1.29, 1.82) is 0 Å². The Balaban J connectivity index is 1.75. The van der Waals surface area contributed by atoms with Gasteiger partial charge in [-0.2, -0.15) is 0 Å². The van der Waals surface area contributed by atoms with E-state index < -0.39 is 49.7 Å². The molecule has 9 nitrogen and oxygen atoms in total. The Hall–Kier alpha value is -2.92. The smallest absolute Gasteiger partial charge is 0.274 e. The number of pyridine rings is 1. The Morgan fingerprint density at radius 3 is 2.66 bits per heavy atom. The number of carbonyl (C=O) groups excluding carboxylic acids is 2. The lowest BCUT2D eigenvalue weighted by molar-refractivity contribution is 0.0566. The SMILES string of the molecule is CC(C)N1C[C@]2(C[C@H]2CS(C)(=O)=O)n2cc(C(=O)NCc3cccc(Cl)c3F)c(=O)c(O)c2C1=O. The molecule has 2 amide bonds. The number of hydrogen-bond donors (Lipinski definition) is 2. The standard InChI is InChI=1S/C23H25ClFN3O6S/c1-12(2)27-11-23(7-14(23)10-35(3,33)34)28-9-15(19(29)20(30)18(28)22(27)32)21(31)26-8-13-5-4-6-16(24)17(13)25/h4-6,9,12,14,30H,7-8,10-11H2,1-3H3,(H,26,31)/t14-,23-/m0/s1. The number of aromatic nitrogens is 1. The maximum absolute atomic E-state index is 14.2. The molecule has 2 heterocycles. The van der Waals surface area contributed by atoms with E-state index in [4.69, 9.17) is 11.6 Å². The van der Waals surface area contributed by atoms with E-state index in [2.05, 4.69) is 5.32 Å². The summed E-state index contributed by atoms with van der Waals surface area (Å²) in [6.45, 7) is 3.46. The maximum atomic E-state index is 14.2. The van der Waals surface area contributed by atoms with Crippen LogP contribution in [0, 0.1) is 11.7 Å². The molecule has 2 atom stereocenters. The number of benzene rings is 1. The summed E-state index contributed by atoms with van der Waals surface area (Å²) < 4.78 is 39.5. The minimum atomic E-state index is -3.35. The molecule has 0 bridgehead atoms. The van der Waals surface area contributed by atoms with E-state index >= 15 is 0 Å². The van der Waals surface area contributed by atoms with Crippen molar-refractivity contribution in [3.05, 3.63) is 62.3 Å². The first-order valence-electron chi connectivity index (χ1n) is 11.0. The summed E-state index contributed by atoms with van der Waals surface area (Å²) in [5, 5.41) is 13.1. The molecule has 1 saturated carbocycles. The quantitative estimate of drug-likeness (QED) is 0.593. The fourth-order valence-electron chi connectivity index (χ4n) is 4.71. The van der Waals surface area contributed by atoms with Crippen LogP contribution in [0.5, 0.6) is 5.75 Å². The molecule has 2 N–H and O–H groups in total. The molecule has 2 aromatic rings. The number of fused-ring (bicyclic) bond motifs is 2. The van der Waals surface area contributed by atoms with Crippen LogP contribution in [-0.4, -0.2) is 59.4 Å². The van der Waals surface area contributed by atoms with E-state index in [1.165, 1.54) is 33.9 Å². The molecule has 0 unspecified atom stereocenters. The third-order valence-electron chi connectivity index (χ3n) is 6.61. The Kier molecular flexibility index (Phi) is 6.21. The van der Waals surface area contributed by atoms with E-state index in [0.29, 0.717) is 6.42 Å². The van der Waals surface area contributed by atoms with Gasteiger partial charge in [0, 0.05) is 43.1 Å². The summed E-state index contributed by atoms with van der Waals surface area (Å²) in [4.78, 5) is 40.4. The summed E-state index contributed by atoms with van der Waals surface area (Å²) in [5.41, 5.74) is -2.54. The van der Waals surface area contributed by atoms with Crippen molar-refractivity contribution >= 4 is 33.3 Å². The van der Waals surface area contributed by atoms with Crippen LogP contribution >= 0.6 is 11.6 Å². The molecule has 1 aliphatic carbocycles. The van der Waals surface area contributed by atoms with Crippen LogP contribution in [0.3, 0.4) is 0 Å². The molecule has 35 heavy (non-hydrogen) atoms. The summed E-state index contributed by atoms with van der Waals surface area (Å²) in [6.07, 6.45) is 2.70. The van der Waals surface area contributed by atoms with Gasteiger partial charge in [-0.25, -0.2) is 12.8 Å². The Morgan fingerprint density at radius 2 is 2.03 bits per heavy atom. The van der Waals surface area contributed by atoms with Gasteiger partial charge in [0.1, 0.15) is 21.2 Å². The number of nitrogens with zero attached hydrogens (tertiary/aromatic N) is 2. The minimum Gasteiger partial charge on any atom is -0.503 e.